The van der Waals surface area contributed by atoms with E-state index in [9.17, 15) is 0 Å². The van der Waals surface area contributed by atoms with Gasteiger partial charge in [0.05, 0.1) is 12.2 Å². The Bertz CT molecular complexity index is 392. The van der Waals surface area contributed by atoms with E-state index in [1.807, 2.05) is 17.9 Å². The number of nitrogens with zero attached hydrogens (tertiary/aromatic N) is 5. The highest BCUT2D eigenvalue weighted by Gasteiger charge is 2.30. The topological polar surface area (TPSA) is 49.2 Å². The molecule has 1 N–H and O–H groups in total. The van der Waals surface area contributed by atoms with Crippen LogP contribution in [0.3, 0.4) is 0 Å². The smallest absolute Gasteiger partial charge is 0.0964 e. The average Bonchev–Trinajstić information content (AvgIpc) is 3.19. The molecule has 6 heteroatoms. The SMILES string of the molecule is CNCc1cn(CCN2CCN(C3CC3)CC2)nn1. The zero-order valence-corrected chi connectivity index (χ0v) is 11.8. The Morgan fingerprint density at radius 3 is 2.68 bits per heavy atom. The molecule has 6 nitrogen and oxygen atoms in total. The summed E-state index contributed by atoms with van der Waals surface area (Å²) in [5, 5.41) is 11.4. The molecule has 1 aliphatic carbocycles. The molecule has 1 saturated heterocycles. The van der Waals surface area contributed by atoms with Crippen molar-refractivity contribution in [2.45, 2.75) is 32.0 Å². The maximum atomic E-state index is 4.16. The Labute approximate surface area is 114 Å². The second-order valence-corrected chi connectivity index (χ2v) is 5.61. The van der Waals surface area contributed by atoms with E-state index < -0.39 is 0 Å². The maximum Gasteiger partial charge on any atom is 0.0964 e. The van der Waals surface area contributed by atoms with E-state index in [1.165, 1.54) is 39.0 Å². The highest BCUT2D eigenvalue weighted by Crippen LogP contribution is 2.27. The minimum Gasteiger partial charge on any atom is -0.314 e. The van der Waals surface area contributed by atoms with E-state index in [0.29, 0.717) is 0 Å². The molecule has 106 valence electrons. The van der Waals surface area contributed by atoms with Gasteiger partial charge in [-0.25, -0.2) is 0 Å². The first-order valence-corrected chi connectivity index (χ1v) is 7.35. The van der Waals surface area contributed by atoms with Crippen molar-refractivity contribution in [1.29, 1.82) is 0 Å². The van der Waals surface area contributed by atoms with E-state index in [4.69, 9.17) is 0 Å². The summed E-state index contributed by atoms with van der Waals surface area (Å²) in [6.45, 7) is 7.71. The van der Waals surface area contributed by atoms with E-state index in [-0.39, 0.29) is 0 Å². The lowest BCUT2D eigenvalue weighted by Gasteiger charge is -2.34. The van der Waals surface area contributed by atoms with Crippen LogP contribution in [0.4, 0.5) is 0 Å². The Hall–Kier alpha value is -0.980. The molecule has 0 aromatic carbocycles. The van der Waals surface area contributed by atoms with Crippen molar-refractivity contribution in [2.24, 2.45) is 0 Å². The monoisotopic (exact) mass is 264 g/mol. The van der Waals surface area contributed by atoms with Crippen LogP contribution in [-0.4, -0.2) is 70.6 Å². The summed E-state index contributed by atoms with van der Waals surface area (Å²) < 4.78 is 1.96. The van der Waals surface area contributed by atoms with Gasteiger partial charge in [0.2, 0.25) is 0 Å². The Balaban J connectivity index is 1.39. The largest absolute Gasteiger partial charge is 0.314 e. The standard InChI is InChI=1S/C13H24N6/c1-14-10-12-11-19(16-15-12)9-6-17-4-7-18(8-5-17)13-2-3-13/h11,13-14H,2-10H2,1H3. The maximum absolute atomic E-state index is 4.16. The summed E-state index contributed by atoms with van der Waals surface area (Å²) in [6, 6.07) is 0.918. The number of aromatic nitrogens is 3. The Morgan fingerprint density at radius 2 is 2.00 bits per heavy atom. The van der Waals surface area contributed by atoms with E-state index in [2.05, 4.69) is 25.4 Å². The molecule has 0 unspecified atom stereocenters. The van der Waals surface area contributed by atoms with Crippen LogP contribution in [0.15, 0.2) is 6.20 Å². The third-order valence-corrected chi connectivity index (χ3v) is 4.06. The van der Waals surface area contributed by atoms with Crippen LogP contribution in [0.1, 0.15) is 18.5 Å². The van der Waals surface area contributed by atoms with Crippen LogP contribution >= 0.6 is 0 Å². The Kier molecular flexibility index (Phi) is 4.10. The molecule has 0 atom stereocenters. The van der Waals surface area contributed by atoms with Gasteiger partial charge in [-0.1, -0.05) is 5.21 Å². The molecule has 2 fully saturated rings. The summed E-state index contributed by atoms with van der Waals surface area (Å²) in [5.74, 6) is 0. The number of nitrogens with one attached hydrogen (secondary N) is 1. The lowest BCUT2D eigenvalue weighted by molar-refractivity contribution is 0.122. The third-order valence-electron chi connectivity index (χ3n) is 4.06. The van der Waals surface area contributed by atoms with E-state index >= 15 is 0 Å². The van der Waals surface area contributed by atoms with Gasteiger partial charge in [-0.2, -0.15) is 0 Å². The number of piperazine rings is 1. The highest BCUT2D eigenvalue weighted by molar-refractivity contribution is 4.91. The van der Waals surface area contributed by atoms with Crippen molar-refractivity contribution in [2.75, 3.05) is 39.8 Å². The average molecular weight is 264 g/mol. The molecule has 0 radical (unpaired) electrons. The second kappa shape index (κ2) is 5.98. The number of rotatable bonds is 6. The summed E-state index contributed by atoms with van der Waals surface area (Å²) >= 11 is 0. The molecule has 3 rings (SSSR count). The molecule has 1 aromatic rings. The normalized spacial score (nSPS) is 21.9. The molecule has 1 saturated carbocycles. The van der Waals surface area contributed by atoms with Gasteiger partial charge in [-0.3, -0.25) is 14.5 Å². The van der Waals surface area contributed by atoms with Crippen LogP contribution in [-0.2, 0) is 13.1 Å². The fraction of sp³-hybridized carbons (Fsp3) is 0.846. The molecule has 19 heavy (non-hydrogen) atoms. The molecular formula is C13H24N6. The number of hydrogen-bond donors (Lipinski definition) is 1. The predicted molar refractivity (Wildman–Crippen MR) is 73.8 cm³/mol. The molecular weight excluding hydrogens is 240 g/mol. The summed E-state index contributed by atoms with van der Waals surface area (Å²) in [6.07, 6.45) is 4.89. The zero-order valence-electron chi connectivity index (χ0n) is 11.8. The molecule has 0 spiro atoms. The Morgan fingerprint density at radius 1 is 1.21 bits per heavy atom. The molecule has 2 aliphatic rings. The van der Waals surface area contributed by atoms with Crippen molar-refractivity contribution in [3.8, 4) is 0 Å². The van der Waals surface area contributed by atoms with Gasteiger partial charge in [0, 0.05) is 51.5 Å². The fourth-order valence-electron chi connectivity index (χ4n) is 2.75. The van der Waals surface area contributed by atoms with E-state index in [1.54, 1.807) is 0 Å². The first-order chi connectivity index (χ1) is 9.35. The molecule has 2 heterocycles. The molecule has 0 amide bonds. The first-order valence-electron chi connectivity index (χ1n) is 7.35. The van der Waals surface area contributed by atoms with Crippen molar-refractivity contribution >= 4 is 0 Å². The van der Waals surface area contributed by atoms with Gasteiger partial charge in [-0.05, 0) is 19.9 Å². The van der Waals surface area contributed by atoms with Gasteiger partial charge in [0.25, 0.3) is 0 Å². The molecule has 0 bridgehead atoms. The van der Waals surface area contributed by atoms with Crippen molar-refractivity contribution in [3.63, 3.8) is 0 Å². The fourth-order valence-corrected chi connectivity index (χ4v) is 2.75. The van der Waals surface area contributed by atoms with Crippen LogP contribution in [0.5, 0.6) is 0 Å². The summed E-state index contributed by atoms with van der Waals surface area (Å²) in [7, 11) is 1.93. The predicted octanol–water partition coefficient (Wildman–Crippen LogP) is -0.222. The minimum atomic E-state index is 0.792. The van der Waals surface area contributed by atoms with Crippen molar-refractivity contribution in [3.05, 3.63) is 11.9 Å². The zero-order chi connectivity index (χ0) is 13.1. The van der Waals surface area contributed by atoms with Gasteiger partial charge < -0.3 is 5.32 Å². The molecule has 1 aromatic heterocycles. The van der Waals surface area contributed by atoms with Crippen molar-refractivity contribution in [1.82, 2.24) is 30.1 Å². The number of hydrogen-bond acceptors (Lipinski definition) is 5. The first kappa shape index (κ1) is 13.0. The summed E-state index contributed by atoms with van der Waals surface area (Å²) in [4.78, 5) is 5.19. The lowest BCUT2D eigenvalue weighted by atomic mass is 10.3. The van der Waals surface area contributed by atoms with Crippen LogP contribution in [0.2, 0.25) is 0 Å². The van der Waals surface area contributed by atoms with Gasteiger partial charge in [0.1, 0.15) is 0 Å². The van der Waals surface area contributed by atoms with Gasteiger partial charge >= 0.3 is 0 Å². The van der Waals surface area contributed by atoms with Crippen LogP contribution in [0, 0.1) is 0 Å². The van der Waals surface area contributed by atoms with Crippen molar-refractivity contribution < 1.29 is 0 Å². The summed E-state index contributed by atoms with van der Waals surface area (Å²) in [5.41, 5.74) is 1.01. The third kappa shape index (κ3) is 3.52. The van der Waals surface area contributed by atoms with Crippen LogP contribution < -0.4 is 5.32 Å². The quantitative estimate of drug-likeness (QED) is 0.770. The van der Waals surface area contributed by atoms with Gasteiger partial charge in [-0.15, -0.1) is 5.10 Å². The van der Waals surface area contributed by atoms with E-state index in [0.717, 1.165) is 31.4 Å². The van der Waals surface area contributed by atoms with Gasteiger partial charge in [0.15, 0.2) is 0 Å². The minimum absolute atomic E-state index is 0.792. The lowest BCUT2D eigenvalue weighted by Crippen LogP contribution is -2.47. The second-order valence-electron chi connectivity index (χ2n) is 5.61. The highest BCUT2D eigenvalue weighted by atomic mass is 15.4. The van der Waals surface area contributed by atoms with Crippen LogP contribution in [0.25, 0.3) is 0 Å². The molecule has 1 aliphatic heterocycles.